The van der Waals surface area contributed by atoms with Crippen LogP contribution >= 0.6 is 0 Å². The van der Waals surface area contributed by atoms with Gasteiger partial charge in [0, 0.05) is 5.56 Å². The standard InChI is InChI=1S/C23H16FN3O4/c1-12-9-10-17(31-12)20(28)18-19(13-5-4-6-14(24)11-13)27(22(30)21(18)29)23-25-15-7-2-3-8-16(15)26-23/h2-11,29-30H,1H3,(H,25,26). The highest BCUT2D eigenvalue weighted by atomic mass is 19.1. The maximum absolute atomic E-state index is 14.1. The van der Waals surface area contributed by atoms with Crippen molar-refractivity contribution in [3.63, 3.8) is 0 Å². The largest absolute Gasteiger partial charge is 0.503 e. The summed E-state index contributed by atoms with van der Waals surface area (Å²) in [6, 6.07) is 15.8. The minimum atomic E-state index is -0.657. The lowest BCUT2D eigenvalue weighted by Gasteiger charge is -2.09. The Kier molecular flexibility index (Phi) is 4.14. The van der Waals surface area contributed by atoms with Crippen LogP contribution in [0.15, 0.2) is 65.1 Å². The van der Waals surface area contributed by atoms with Crippen LogP contribution in [0.1, 0.15) is 21.9 Å². The molecule has 31 heavy (non-hydrogen) atoms. The van der Waals surface area contributed by atoms with E-state index in [1.165, 1.54) is 28.8 Å². The van der Waals surface area contributed by atoms with E-state index in [1.54, 1.807) is 31.2 Å². The van der Waals surface area contributed by atoms with E-state index in [0.29, 0.717) is 16.8 Å². The molecule has 0 aliphatic carbocycles. The zero-order chi connectivity index (χ0) is 21.7. The molecule has 0 radical (unpaired) electrons. The van der Waals surface area contributed by atoms with Crippen molar-refractivity contribution >= 4 is 16.8 Å². The summed E-state index contributed by atoms with van der Waals surface area (Å²) in [5.74, 6) is -1.81. The van der Waals surface area contributed by atoms with Gasteiger partial charge in [-0.15, -0.1) is 0 Å². The minimum Gasteiger partial charge on any atom is -0.503 e. The highest BCUT2D eigenvalue weighted by Gasteiger charge is 2.32. The molecule has 7 nitrogen and oxygen atoms in total. The topological polar surface area (TPSA) is 104 Å². The van der Waals surface area contributed by atoms with Gasteiger partial charge in [-0.2, -0.15) is 0 Å². The number of aryl methyl sites for hydroxylation is 1. The van der Waals surface area contributed by atoms with Gasteiger partial charge in [-0.05, 0) is 43.3 Å². The number of nitrogens with zero attached hydrogens (tertiary/aromatic N) is 2. The van der Waals surface area contributed by atoms with Crippen LogP contribution in [0.25, 0.3) is 28.2 Å². The maximum atomic E-state index is 14.1. The molecule has 0 spiro atoms. The second-order valence-electron chi connectivity index (χ2n) is 7.06. The monoisotopic (exact) mass is 417 g/mol. The van der Waals surface area contributed by atoms with E-state index in [0.717, 1.165) is 0 Å². The summed E-state index contributed by atoms with van der Waals surface area (Å²) in [4.78, 5) is 20.7. The van der Waals surface area contributed by atoms with Gasteiger partial charge >= 0.3 is 0 Å². The van der Waals surface area contributed by atoms with Gasteiger partial charge in [-0.1, -0.05) is 24.3 Å². The Morgan fingerprint density at radius 2 is 1.90 bits per heavy atom. The van der Waals surface area contributed by atoms with Crippen LogP contribution < -0.4 is 0 Å². The number of hydrogen-bond donors (Lipinski definition) is 3. The molecule has 0 aliphatic rings. The number of fused-ring (bicyclic) bond motifs is 1. The summed E-state index contributed by atoms with van der Waals surface area (Å²) >= 11 is 0. The van der Waals surface area contributed by atoms with Gasteiger partial charge in [0.05, 0.1) is 22.3 Å². The molecule has 0 atom stereocenters. The predicted molar refractivity (Wildman–Crippen MR) is 111 cm³/mol. The van der Waals surface area contributed by atoms with Gasteiger partial charge in [-0.3, -0.25) is 4.79 Å². The molecular weight excluding hydrogens is 401 g/mol. The van der Waals surface area contributed by atoms with E-state index in [2.05, 4.69) is 9.97 Å². The highest BCUT2D eigenvalue weighted by Crippen LogP contribution is 2.43. The molecule has 8 heteroatoms. The van der Waals surface area contributed by atoms with Gasteiger partial charge in [0.2, 0.25) is 17.6 Å². The predicted octanol–water partition coefficient (Wildman–Crippen LogP) is 4.70. The number of aromatic nitrogens is 3. The number of aromatic amines is 1. The van der Waals surface area contributed by atoms with E-state index >= 15 is 0 Å². The second-order valence-corrected chi connectivity index (χ2v) is 7.06. The number of benzene rings is 2. The Bertz CT molecular complexity index is 1430. The number of ketones is 1. The van der Waals surface area contributed by atoms with Gasteiger partial charge in [-0.25, -0.2) is 13.9 Å². The molecule has 0 amide bonds. The lowest BCUT2D eigenvalue weighted by atomic mass is 10.0. The van der Waals surface area contributed by atoms with Crippen molar-refractivity contribution < 1.29 is 23.8 Å². The first-order valence-electron chi connectivity index (χ1n) is 9.43. The first-order chi connectivity index (χ1) is 14.9. The average Bonchev–Trinajstić information content (AvgIpc) is 3.44. The van der Waals surface area contributed by atoms with Crippen molar-refractivity contribution in [3.8, 4) is 28.8 Å². The fourth-order valence-corrected chi connectivity index (χ4v) is 3.60. The van der Waals surface area contributed by atoms with E-state index in [-0.39, 0.29) is 28.5 Å². The van der Waals surface area contributed by atoms with Crippen LogP contribution in [-0.2, 0) is 0 Å². The molecule has 0 saturated carbocycles. The average molecular weight is 417 g/mol. The quantitative estimate of drug-likeness (QED) is 0.368. The number of H-pyrrole nitrogens is 1. The first-order valence-corrected chi connectivity index (χ1v) is 9.43. The molecule has 3 aromatic heterocycles. The maximum Gasteiger partial charge on any atom is 0.242 e. The number of imidazole rings is 1. The van der Waals surface area contributed by atoms with Crippen molar-refractivity contribution in [1.29, 1.82) is 0 Å². The number of rotatable bonds is 4. The molecule has 0 unspecified atom stereocenters. The molecular formula is C23H16FN3O4. The van der Waals surface area contributed by atoms with Crippen LogP contribution in [0, 0.1) is 12.7 Å². The third-order valence-electron chi connectivity index (χ3n) is 5.00. The third-order valence-corrected chi connectivity index (χ3v) is 5.00. The Morgan fingerprint density at radius 1 is 1.10 bits per heavy atom. The van der Waals surface area contributed by atoms with Crippen LogP contribution in [0.4, 0.5) is 4.39 Å². The first kappa shape index (κ1) is 18.7. The second kappa shape index (κ2) is 6.88. The van der Waals surface area contributed by atoms with E-state index in [1.807, 2.05) is 12.1 Å². The lowest BCUT2D eigenvalue weighted by molar-refractivity contribution is 0.101. The lowest BCUT2D eigenvalue weighted by Crippen LogP contribution is -2.05. The number of hydrogen-bond acceptors (Lipinski definition) is 5. The molecule has 0 fully saturated rings. The summed E-state index contributed by atoms with van der Waals surface area (Å²) in [6.07, 6.45) is 0. The SMILES string of the molecule is Cc1ccc(C(=O)c2c(O)c(O)n(-c3nc4ccccc4[nH]3)c2-c2cccc(F)c2)o1. The molecule has 154 valence electrons. The van der Waals surface area contributed by atoms with Crippen molar-refractivity contribution in [3.05, 3.63) is 83.6 Å². The van der Waals surface area contributed by atoms with E-state index < -0.39 is 23.2 Å². The third kappa shape index (κ3) is 2.96. The number of aromatic hydroxyl groups is 2. The summed E-state index contributed by atoms with van der Waals surface area (Å²) in [7, 11) is 0. The molecule has 0 bridgehead atoms. The fraction of sp³-hybridized carbons (Fsp3) is 0.0435. The Morgan fingerprint density at radius 3 is 2.61 bits per heavy atom. The van der Waals surface area contributed by atoms with Crippen LogP contribution in [0.3, 0.4) is 0 Å². The van der Waals surface area contributed by atoms with Crippen LogP contribution in [0.5, 0.6) is 11.6 Å². The van der Waals surface area contributed by atoms with E-state index in [4.69, 9.17) is 4.42 Å². The van der Waals surface area contributed by atoms with Crippen molar-refractivity contribution in [1.82, 2.24) is 14.5 Å². The molecule has 5 rings (SSSR count). The van der Waals surface area contributed by atoms with Crippen molar-refractivity contribution in [2.75, 3.05) is 0 Å². The van der Waals surface area contributed by atoms with Gasteiger partial charge < -0.3 is 19.6 Å². The summed E-state index contributed by atoms with van der Waals surface area (Å²) in [5.41, 5.74) is 1.42. The van der Waals surface area contributed by atoms with Gasteiger partial charge in [0.15, 0.2) is 11.5 Å². The normalized spacial score (nSPS) is 11.3. The molecule has 2 aromatic carbocycles. The highest BCUT2D eigenvalue weighted by molar-refractivity contribution is 6.14. The van der Waals surface area contributed by atoms with Crippen LogP contribution in [0.2, 0.25) is 0 Å². The molecule has 0 aliphatic heterocycles. The molecule has 5 aromatic rings. The van der Waals surface area contributed by atoms with Crippen LogP contribution in [-0.4, -0.2) is 30.5 Å². The van der Waals surface area contributed by atoms with E-state index in [9.17, 15) is 19.4 Å². The fourth-order valence-electron chi connectivity index (χ4n) is 3.60. The number of carbonyl (C=O) groups excluding carboxylic acids is 1. The Labute approximate surface area is 175 Å². The minimum absolute atomic E-state index is 0.0211. The molecule has 3 heterocycles. The molecule has 3 N–H and O–H groups in total. The zero-order valence-electron chi connectivity index (χ0n) is 16.3. The van der Waals surface area contributed by atoms with Crippen molar-refractivity contribution in [2.24, 2.45) is 0 Å². The van der Waals surface area contributed by atoms with Crippen molar-refractivity contribution in [2.45, 2.75) is 6.92 Å². The number of halogens is 1. The summed E-state index contributed by atoms with van der Waals surface area (Å²) < 4.78 is 20.7. The Balaban J connectivity index is 1.83. The smallest absolute Gasteiger partial charge is 0.242 e. The zero-order valence-corrected chi connectivity index (χ0v) is 16.3. The number of para-hydroxylation sites is 2. The number of carbonyl (C=O) groups is 1. The van der Waals surface area contributed by atoms with Gasteiger partial charge in [0.25, 0.3) is 0 Å². The summed E-state index contributed by atoms with van der Waals surface area (Å²) in [5, 5.41) is 21.5. The Hall–Kier alpha value is -4.33. The number of furan rings is 1. The summed E-state index contributed by atoms with van der Waals surface area (Å²) in [6.45, 7) is 1.68. The molecule has 0 saturated heterocycles. The number of nitrogens with one attached hydrogen (secondary N) is 1. The van der Waals surface area contributed by atoms with Gasteiger partial charge in [0.1, 0.15) is 11.6 Å².